The highest BCUT2D eigenvalue weighted by atomic mass is 19.3. The van der Waals surface area contributed by atoms with E-state index in [0.717, 1.165) is 6.20 Å². The van der Waals surface area contributed by atoms with E-state index in [2.05, 4.69) is 4.98 Å². The summed E-state index contributed by atoms with van der Waals surface area (Å²) >= 11 is 0. The maximum atomic E-state index is 13.4. The number of rotatable bonds is 3. The molecule has 2 N–H and O–H groups in total. The predicted octanol–water partition coefficient (Wildman–Crippen LogP) is 1.68. The van der Waals surface area contributed by atoms with Crippen molar-refractivity contribution in [1.29, 1.82) is 5.26 Å². The quantitative estimate of drug-likeness (QED) is 0.834. The van der Waals surface area contributed by atoms with E-state index in [0.29, 0.717) is 0 Å². The van der Waals surface area contributed by atoms with Crippen LogP contribution in [-0.2, 0) is 13.0 Å². The van der Waals surface area contributed by atoms with Gasteiger partial charge in [-0.25, -0.2) is 13.2 Å². The van der Waals surface area contributed by atoms with Crippen LogP contribution in [0.1, 0.15) is 23.2 Å². The molecule has 15 heavy (non-hydrogen) atoms. The molecule has 0 amide bonds. The third-order valence-electron chi connectivity index (χ3n) is 1.89. The first-order valence-electron chi connectivity index (χ1n) is 4.13. The van der Waals surface area contributed by atoms with Crippen molar-refractivity contribution in [2.24, 2.45) is 5.73 Å². The zero-order chi connectivity index (χ0) is 11.4. The van der Waals surface area contributed by atoms with Gasteiger partial charge in [0.2, 0.25) is 0 Å². The number of halogens is 3. The summed E-state index contributed by atoms with van der Waals surface area (Å²) < 4.78 is 38.4. The van der Waals surface area contributed by atoms with Gasteiger partial charge >= 0.3 is 0 Å². The Labute approximate surface area is 84.3 Å². The van der Waals surface area contributed by atoms with Crippen molar-refractivity contribution in [3.63, 3.8) is 0 Å². The van der Waals surface area contributed by atoms with Gasteiger partial charge in [0.25, 0.3) is 6.43 Å². The number of hydrogen-bond acceptors (Lipinski definition) is 3. The molecule has 1 aromatic rings. The van der Waals surface area contributed by atoms with Crippen molar-refractivity contribution in [2.75, 3.05) is 0 Å². The molecule has 3 nitrogen and oxygen atoms in total. The molecular weight excluding hydrogens is 207 g/mol. The Morgan fingerprint density at radius 1 is 1.53 bits per heavy atom. The molecule has 1 rings (SSSR count). The average molecular weight is 215 g/mol. The molecule has 0 spiro atoms. The zero-order valence-electron chi connectivity index (χ0n) is 7.67. The minimum absolute atomic E-state index is 0.0769. The van der Waals surface area contributed by atoms with Crippen molar-refractivity contribution < 1.29 is 13.2 Å². The SMILES string of the molecule is N#CCc1ncc(CN)c(F)c1C(F)F. The molecule has 0 atom stereocenters. The van der Waals surface area contributed by atoms with Gasteiger partial charge in [0.15, 0.2) is 0 Å². The summed E-state index contributed by atoms with van der Waals surface area (Å²) in [6, 6.07) is 1.65. The van der Waals surface area contributed by atoms with Gasteiger partial charge < -0.3 is 5.73 Å². The lowest BCUT2D eigenvalue weighted by atomic mass is 10.1. The van der Waals surface area contributed by atoms with Crippen molar-refractivity contribution in [1.82, 2.24) is 4.98 Å². The number of hydrogen-bond donors (Lipinski definition) is 1. The minimum Gasteiger partial charge on any atom is -0.326 e. The zero-order valence-corrected chi connectivity index (χ0v) is 7.67. The van der Waals surface area contributed by atoms with Crippen molar-refractivity contribution in [3.8, 4) is 6.07 Å². The highest BCUT2D eigenvalue weighted by Crippen LogP contribution is 2.26. The minimum atomic E-state index is -2.99. The summed E-state index contributed by atoms with van der Waals surface area (Å²) in [5, 5.41) is 8.36. The lowest BCUT2D eigenvalue weighted by molar-refractivity contribution is 0.144. The monoisotopic (exact) mass is 215 g/mol. The molecule has 0 saturated carbocycles. The number of alkyl halides is 2. The third kappa shape index (κ3) is 2.25. The first kappa shape index (κ1) is 11.5. The van der Waals surface area contributed by atoms with Gasteiger partial charge in [-0.3, -0.25) is 4.98 Å². The molecule has 0 unspecified atom stereocenters. The number of pyridine rings is 1. The van der Waals surface area contributed by atoms with E-state index in [-0.39, 0.29) is 24.2 Å². The topological polar surface area (TPSA) is 62.7 Å². The normalized spacial score (nSPS) is 10.4. The van der Waals surface area contributed by atoms with Gasteiger partial charge in [0, 0.05) is 18.3 Å². The number of nitrogens with zero attached hydrogens (tertiary/aromatic N) is 2. The van der Waals surface area contributed by atoms with Crippen molar-refractivity contribution >= 4 is 0 Å². The Morgan fingerprint density at radius 3 is 2.67 bits per heavy atom. The number of nitrogens with two attached hydrogens (primary N) is 1. The Balaban J connectivity index is 3.32. The van der Waals surface area contributed by atoms with Crippen LogP contribution in [0, 0.1) is 17.1 Å². The first-order valence-corrected chi connectivity index (χ1v) is 4.13. The van der Waals surface area contributed by atoms with E-state index in [1.165, 1.54) is 0 Å². The Bertz CT molecular complexity index is 398. The van der Waals surface area contributed by atoms with E-state index in [1.54, 1.807) is 6.07 Å². The summed E-state index contributed by atoms with van der Waals surface area (Å²) in [7, 11) is 0. The molecule has 1 heterocycles. The van der Waals surface area contributed by atoms with Gasteiger partial charge in [0.1, 0.15) is 5.82 Å². The molecule has 80 valence electrons. The van der Waals surface area contributed by atoms with Gasteiger partial charge in [-0.15, -0.1) is 0 Å². The van der Waals surface area contributed by atoms with Gasteiger partial charge in [0.05, 0.1) is 23.7 Å². The van der Waals surface area contributed by atoms with Crippen LogP contribution in [0.3, 0.4) is 0 Å². The number of aromatic nitrogens is 1. The van der Waals surface area contributed by atoms with Gasteiger partial charge in [-0.05, 0) is 0 Å². The van der Waals surface area contributed by atoms with Crippen LogP contribution in [0.15, 0.2) is 6.20 Å². The van der Waals surface area contributed by atoms with Gasteiger partial charge in [-0.1, -0.05) is 0 Å². The van der Waals surface area contributed by atoms with E-state index in [1.807, 2.05) is 0 Å². The van der Waals surface area contributed by atoms with E-state index >= 15 is 0 Å². The lowest BCUT2D eigenvalue weighted by Crippen LogP contribution is -2.08. The molecule has 0 aromatic carbocycles. The highest BCUT2D eigenvalue weighted by Gasteiger charge is 2.21. The second kappa shape index (κ2) is 4.75. The molecule has 6 heteroatoms. The molecule has 0 bridgehead atoms. The lowest BCUT2D eigenvalue weighted by Gasteiger charge is -2.09. The maximum absolute atomic E-state index is 13.4. The van der Waals surface area contributed by atoms with Crippen molar-refractivity contribution in [2.45, 2.75) is 19.4 Å². The molecule has 0 aliphatic rings. The van der Waals surface area contributed by atoms with E-state index in [4.69, 9.17) is 11.0 Å². The molecule has 0 fully saturated rings. The maximum Gasteiger partial charge on any atom is 0.268 e. The fourth-order valence-corrected chi connectivity index (χ4v) is 1.16. The number of nitriles is 1. The van der Waals surface area contributed by atoms with Crippen molar-refractivity contribution in [3.05, 3.63) is 28.8 Å². The van der Waals surface area contributed by atoms with E-state index < -0.39 is 17.8 Å². The van der Waals surface area contributed by atoms with Crippen LogP contribution in [0.5, 0.6) is 0 Å². The standard InChI is InChI=1S/C9H8F3N3/c10-8-5(3-14)4-15-6(1-2-13)7(8)9(11)12/h4,9H,1,3,14H2. The van der Waals surface area contributed by atoms with Crippen LogP contribution >= 0.6 is 0 Å². The Morgan fingerprint density at radius 2 is 2.20 bits per heavy atom. The fraction of sp³-hybridized carbons (Fsp3) is 0.333. The highest BCUT2D eigenvalue weighted by molar-refractivity contribution is 5.30. The molecule has 0 aliphatic carbocycles. The summed E-state index contributed by atoms with van der Waals surface area (Å²) in [6.45, 7) is -0.203. The van der Waals surface area contributed by atoms with Crippen LogP contribution in [0.25, 0.3) is 0 Å². The van der Waals surface area contributed by atoms with Crippen LogP contribution in [-0.4, -0.2) is 4.98 Å². The summed E-state index contributed by atoms with van der Waals surface area (Å²) in [5.41, 5.74) is 4.02. The average Bonchev–Trinajstić information content (AvgIpc) is 2.18. The van der Waals surface area contributed by atoms with Gasteiger partial charge in [-0.2, -0.15) is 5.26 Å². The van der Waals surface area contributed by atoms with Crippen LogP contribution in [0.4, 0.5) is 13.2 Å². The second-order valence-electron chi connectivity index (χ2n) is 2.80. The molecule has 1 aromatic heterocycles. The molecule has 0 aliphatic heterocycles. The smallest absolute Gasteiger partial charge is 0.268 e. The largest absolute Gasteiger partial charge is 0.326 e. The van der Waals surface area contributed by atoms with Crippen LogP contribution < -0.4 is 5.73 Å². The Hall–Kier alpha value is -1.61. The van der Waals surface area contributed by atoms with E-state index in [9.17, 15) is 13.2 Å². The fourth-order valence-electron chi connectivity index (χ4n) is 1.16. The second-order valence-corrected chi connectivity index (χ2v) is 2.80. The molecule has 0 radical (unpaired) electrons. The summed E-state index contributed by atoms with van der Waals surface area (Å²) in [5.74, 6) is -1.06. The Kier molecular flexibility index (Phi) is 3.63. The molecular formula is C9H8F3N3. The predicted molar refractivity (Wildman–Crippen MR) is 46.4 cm³/mol. The third-order valence-corrected chi connectivity index (χ3v) is 1.89. The van der Waals surface area contributed by atoms with Crippen LogP contribution in [0.2, 0.25) is 0 Å². The first-order chi connectivity index (χ1) is 7.11. The summed E-state index contributed by atoms with van der Waals surface area (Å²) in [6.07, 6.45) is -2.26. The summed E-state index contributed by atoms with van der Waals surface area (Å²) in [4.78, 5) is 3.60. The molecule has 0 saturated heterocycles.